The number of halogens is 3. The van der Waals surface area contributed by atoms with Gasteiger partial charge < -0.3 is 15.2 Å². The molecular weight excluding hydrogens is 503 g/mol. The Bertz CT molecular complexity index is 1530. The lowest BCUT2D eigenvalue weighted by Gasteiger charge is -2.16. The van der Waals surface area contributed by atoms with Crippen molar-refractivity contribution in [3.63, 3.8) is 0 Å². The molecule has 0 aliphatic carbocycles. The monoisotopic (exact) mass is 529 g/mol. The molecular formula is C32H26F3NO3. The second-order valence-corrected chi connectivity index (χ2v) is 8.81. The zero-order valence-electron chi connectivity index (χ0n) is 21.0. The number of ether oxygens (including phenoxy) is 1. The highest BCUT2D eigenvalue weighted by Gasteiger charge is 2.30. The van der Waals surface area contributed by atoms with Crippen molar-refractivity contribution in [2.75, 3.05) is 5.32 Å². The van der Waals surface area contributed by atoms with Crippen molar-refractivity contribution >= 4 is 17.3 Å². The second kappa shape index (κ2) is 11.7. The van der Waals surface area contributed by atoms with Gasteiger partial charge in [0.2, 0.25) is 0 Å². The Kier molecular flexibility index (Phi) is 8.20. The van der Waals surface area contributed by atoms with E-state index in [0.29, 0.717) is 24.0 Å². The third-order valence-electron chi connectivity index (χ3n) is 5.97. The number of rotatable bonds is 9. The van der Waals surface area contributed by atoms with Crippen molar-refractivity contribution in [1.29, 1.82) is 0 Å². The van der Waals surface area contributed by atoms with Crippen LogP contribution in [0.4, 0.5) is 24.5 Å². The van der Waals surface area contributed by atoms with E-state index >= 15 is 0 Å². The molecule has 0 fully saturated rings. The molecule has 0 spiro atoms. The van der Waals surface area contributed by atoms with Crippen LogP contribution < -0.4 is 10.1 Å². The first-order valence-corrected chi connectivity index (χ1v) is 12.1. The van der Waals surface area contributed by atoms with Gasteiger partial charge in [0.25, 0.3) is 0 Å². The quantitative estimate of drug-likeness (QED) is 0.130. The SMILES string of the molecule is C=CCc1ccc(O)c(-c2cc(CC=C)ccc2OC(=O)c2ccccc2Nc2cccc(C(F)(F)F)c2)c1. The van der Waals surface area contributed by atoms with E-state index in [9.17, 15) is 23.1 Å². The Morgan fingerprint density at radius 2 is 1.51 bits per heavy atom. The number of hydrogen-bond donors (Lipinski definition) is 2. The summed E-state index contributed by atoms with van der Waals surface area (Å²) < 4.78 is 45.3. The molecule has 4 nitrogen and oxygen atoms in total. The molecule has 0 aromatic heterocycles. The fourth-order valence-corrected chi connectivity index (χ4v) is 4.12. The maximum absolute atomic E-state index is 13.4. The molecule has 0 bridgehead atoms. The van der Waals surface area contributed by atoms with Crippen molar-refractivity contribution in [2.24, 2.45) is 0 Å². The lowest BCUT2D eigenvalue weighted by molar-refractivity contribution is -0.137. The number of anilines is 2. The van der Waals surface area contributed by atoms with Crippen molar-refractivity contribution in [3.05, 3.63) is 132 Å². The van der Waals surface area contributed by atoms with E-state index in [1.54, 1.807) is 54.6 Å². The predicted molar refractivity (Wildman–Crippen MR) is 147 cm³/mol. The normalized spacial score (nSPS) is 11.1. The van der Waals surface area contributed by atoms with Gasteiger partial charge in [-0.2, -0.15) is 13.2 Å². The first-order valence-electron chi connectivity index (χ1n) is 12.1. The number of esters is 1. The zero-order valence-corrected chi connectivity index (χ0v) is 21.0. The van der Waals surface area contributed by atoms with Gasteiger partial charge in [-0.25, -0.2) is 4.79 Å². The highest BCUT2D eigenvalue weighted by Crippen LogP contribution is 2.38. The minimum Gasteiger partial charge on any atom is -0.507 e. The van der Waals surface area contributed by atoms with Crippen LogP contribution in [0.3, 0.4) is 0 Å². The summed E-state index contributed by atoms with van der Waals surface area (Å²) in [5.41, 5.74) is 2.58. The Labute approximate surface area is 224 Å². The first-order chi connectivity index (χ1) is 18.7. The summed E-state index contributed by atoms with van der Waals surface area (Å²) in [6.45, 7) is 7.53. The molecule has 0 aliphatic rings. The number of alkyl halides is 3. The first kappa shape index (κ1) is 27.3. The molecule has 4 rings (SSSR count). The number of aromatic hydroxyl groups is 1. The minimum atomic E-state index is -4.50. The molecule has 0 amide bonds. The van der Waals surface area contributed by atoms with Gasteiger partial charge in [0.05, 0.1) is 16.8 Å². The number of hydrogen-bond acceptors (Lipinski definition) is 4. The second-order valence-electron chi connectivity index (χ2n) is 8.81. The largest absolute Gasteiger partial charge is 0.507 e. The smallest absolute Gasteiger partial charge is 0.416 e. The number of carbonyl (C=O) groups is 1. The highest BCUT2D eigenvalue weighted by atomic mass is 19.4. The Hall–Kier alpha value is -4.78. The summed E-state index contributed by atoms with van der Waals surface area (Å²) in [6.07, 6.45) is 0.147. The van der Waals surface area contributed by atoms with Gasteiger partial charge in [-0.3, -0.25) is 0 Å². The summed E-state index contributed by atoms with van der Waals surface area (Å²) in [4.78, 5) is 13.4. The van der Waals surface area contributed by atoms with Crippen LogP contribution in [0.15, 0.2) is 110 Å². The van der Waals surface area contributed by atoms with Crippen LogP contribution in [0.5, 0.6) is 11.5 Å². The average Bonchev–Trinajstić information content (AvgIpc) is 2.91. The van der Waals surface area contributed by atoms with Gasteiger partial charge in [0.1, 0.15) is 11.5 Å². The number of phenols is 1. The number of benzene rings is 4. The predicted octanol–water partition coefficient (Wildman–Crippen LogP) is 8.50. The zero-order chi connectivity index (χ0) is 28.0. The number of allylic oxidation sites excluding steroid dienone is 2. The molecule has 0 atom stereocenters. The number of nitrogens with one attached hydrogen (secondary N) is 1. The van der Waals surface area contributed by atoms with Gasteiger partial charge >= 0.3 is 12.1 Å². The summed E-state index contributed by atoms with van der Waals surface area (Å²) in [5, 5.41) is 13.6. The number of phenolic OH excluding ortho intramolecular Hbond substituents is 1. The van der Waals surface area contributed by atoms with Gasteiger partial charge in [-0.15, -0.1) is 13.2 Å². The fourth-order valence-electron chi connectivity index (χ4n) is 4.12. The molecule has 2 N–H and O–H groups in total. The van der Waals surface area contributed by atoms with Crippen LogP contribution in [-0.2, 0) is 19.0 Å². The molecule has 0 heterocycles. The Balaban J connectivity index is 1.70. The molecule has 0 aliphatic heterocycles. The van der Waals surface area contributed by atoms with Gasteiger partial charge in [0, 0.05) is 16.8 Å². The van der Waals surface area contributed by atoms with Gasteiger partial charge in [-0.05, 0) is 78.6 Å². The van der Waals surface area contributed by atoms with Gasteiger partial charge in [0.15, 0.2) is 0 Å². The standard InChI is InChI=1S/C32H26F3NO3/c1-3-8-21-14-16-29(37)26(18-21)27-19-22(9-4-2)15-17-30(27)39-31(38)25-12-5-6-13-28(25)36-24-11-7-10-23(20-24)32(33,34)35/h3-7,10-20,36-37H,1-2,8-9H2. The van der Waals surface area contributed by atoms with E-state index in [4.69, 9.17) is 4.74 Å². The third kappa shape index (κ3) is 6.57. The van der Waals surface area contributed by atoms with Crippen molar-refractivity contribution in [3.8, 4) is 22.6 Å². The molecule has 0 saturated carbocycles. The van der Waals surface area contributed by atoms with Crippen LogP contribution in [0.25, 0.3) is 11.1 Å². The van der Waals surface area contributed by atoms with Crippen molar-refractivity contribution in [2.45, 2.75) is 19.0 Å². The summed E-state index contributed by atoms with van der Waals surface area (Å²) in [6, 6.07) is 21.5. The third-order valence-corrected chi connectivity index (χ3v) is 5.97. The summed E-state index contributed by atoms with van der Waals surface area (Å²) in [5.74, 6) is -0.486. The minimum absolute atomic E-state index is 0.0162. The lowest BCUT2D eigenvalue weighted by atomic mass is 9.97. The maximum Gasteiger partial charge on any atom is 0.416 e. The van der Waals surface area contributed by atoms with Crippen molar-refractivity contribution < 1.29 is 27.8 Å². The summed E-state index contributed by atoms with van der Waals surface area (Å²) in [7, 11) is 0. The topological polar surface area (TPSA) is 58.6 Å². The Morgan fingerprint density at radius 3 is 2.21 bits per heavy atom. The van der Waals surface area contributed by atoms with Crippen molar-refractivity contribution in [1.82, 2.24) is 0 Å². The molecule has 198 valence electrons. The number of para-hydroxylation sites is 1. The summed E-state index contributed by atoms with van der Waals surface area (Å²) >= 11 is 0. The molecule has 0 radical (unpaired) electrons. The molecule has 4 aromatic carbocycles. The molecule has 7 heteroatoms. The van der Waals surface area contributed by atoms with E-state index in [1.165, 1.54) is 18.2 Å². The van der Waals surface area contributed by atoms with E-state index < -0.39 is 17.7 Å². The van der Waals surface area contributed by atoms with E-state index in [1.807, 2.05) is 12.1 Å². The van der Waals surface area contributed by atoms with Crippen LogP contribution in [0, 0.1) is 0 Å². The lowest BCUT2D eigenvalue weighted by Crippen LogP contribution is -2.12. The average molecular weight is 530 g/mol. The molecule has 39 heavy (non-hydrogen) atoms. The molecule has 4 aromatic rings. The van der Waals surface area contributed by atoms with Crippen LogP contribution in [0.1, 0.15) is 27.0 Å². The molecule has 0 unspecified atom stereocenters. The Morgan fingerprint density at radius 1 is 0.846 bits per heavy atom. The van der Waals surface area contributed by atoms with Crippen LogP contribution in [-0.4, -0.2) is 11.1 Å². The number of carbonyl (C=O) groups excluding carboxylic acids is 1. The van der Waals surface area contributed by atoms with E-state index in [2.05, 4.69) is 18.5 Å². The highest BCUT2D eigenvalue weighted by molar-refractivity contribution is 5.98. The van der Waals surface area contributed by atoms with Crippen LogP contribution in [0.2, 0.25) is 0 Å². The van der Waals surface area contributed by atoms with E-state index in [-0.39, 0.29) is 28.4 Å². The van der Waals surface area contributed by atoms with Crippen LogP contribution >= 0.6 is 0 Å². The van der Waals surface area contributed by atoms with Gasteiger partial charge in [-0.1, -0.05) is 42.5 Å². The van der Waals surface area contributed by atoms with E-state index in [0.717, 1.165) is 23.3 Å². The maximum atomic E-state index is 13.4. The molecule has 0 saturated heterocycles. The fraction of sp³-hybridized carbons (Fsp3) is 0.0938.